The lowest BCUT2D eigenvalue weighted by molar-refractivity contribution is -0.459. The molecular weight excluding hydrogens is 376 g/mol. The molecule has 0 aromatic heterocycles. The van der Waals surface area contributed by atoms with Crippen LogP contribution in [-0.4, -0.2) is 69.1 Å². The topological polar surface area (TPSA) is 120 Å². The summed E-state index contributed by atoms with van der Waals surface area (Å²) in [5, 5.41) is 46.2. The summed E-state index contributed by atoms with van der Waals surface area (Å²) in [4.78, 5) is 13.3. The summed E-state index contributed by atoms with van der Waals surface area (Å²) in [7, 11) is 0. The molecule has 0 radical (unpaired) electrons. The number of carbonyl (C=O) groups is 1. The zero-order chi connectivity index (χ0) is 21.3. The second kappa shape index (κ2) is 5.50. The molecule has 6 rings (SSSR count). The summed E-state index contributed by atoms with van der Waals surface area (Å²) in [6, 6.07) is 0. The number of Topliss-reactive ketones (excluding diaryl/α,β-unsaturated/α-hetero) is 1. The third-order valence-electron chi connectivity index (χ3n) is 9.38. The van der Waals surface area contributed by atoms with E-state index in [1.807, 2.05) is 13.8 Å². The second-order valence-corrected chi connectivity index (χ2v) is 10.8. The lowest BCUT2D eigenvalue weighted by Gasteiger charge is -2.75. The molecule has 3 heterocycles. The first kappa shape index (κ1) is 20.1. The summed E-state index contributed by atoms with van der Waals surface area (Å²) in [6.07, 6.45) is -3.13. The number of aliphatic hydroxyl groups excluding tert-OH is 3. The lowest BCUT2D eigenvalue weighted by Crippen LogP contribution is -2.87. The first-order chi connectivity index (χ1) is 13.4. The van der Waals surface area contributed by atoms with E-state index in [1.165, 1.54) is 6.92 Å². The largest absolute Gasteiger partial charge is 0.391 e. The molecule has 11 atom stereocenters. The van der Waals surface area contributed by atoms with Gasteiger partial charge in [0.1, 0.15) is 23.4 Å². The highest BCUT2D eigenvalue weighted by Gasteiger charge is 2.87. The van der Waals surface area contributed by atoms with Gasteiger partial charge in [-0.3, -0.25) is 4.79 Å². The molecule has 7 heteroatoms. The second-order valence-electron chi connectivity index (χ2n) is 10.8. The Balaban J connectivity index is 1.78. The van der Waals surface area contributed by atoms with Gasteiger partial charge < -0.3 is 29.9 Å². The van der Waals surface area contributed by atoms with Crippen LogP contribution in [0.5, 0.6) is 0 Å². The summed E-state index contributed by atoms with van der Waals surface area (Å²) in [5.41, 5.74) is -2.53. The van der Waals surface area contributed by atoms with Gasteiger partial charge in [0.2, 0.25) is 5.79 Å². The Morgan fingerprint density at radius 1 is 1.07 bits per heavy atom. The molecule has 162 valence electrons. The highest BCUT2D eigenvalue weighted by atomic mass is 16.6. The molecule has 3 aliphatic carbocycles. The highest BCUT2D eigenvalue weighted by molar-refractivity contribution is 5.86. The molecule has 0 aromatic carbocycles. The number of ether oxygens (including phenoxy) is 2. The van der Waals surface area contributed by atoms with Crippen LogP contribution in [0, 0.1) is 34.0 Å². The monoisotopic (exact) mass is 408 g/mol. The van der Waals surface area contributed by atoms with E-state index in [1.54, 1.807) is 6.92 Å². The number of ketones is 1. The number of epoxide rings is 1. The van der Waals surface area contributed by atoms with Crippen LogP contribution in [0.1, 0.15) is 40.5 Å². The minimum Gasteiger partial charge on any atom is -0.391 e. The Morgan fingerprint density at radius 2 is 1.72 bits per heavy atom. The van der Waals surface area contributed by atoms with E-state index in [0.717, 1.165) is 5.57 Å². The SMILES string of the molecule is C=C(C)[C@@H]1CC[C@H]2[C@@]34CO[C@@](O)([C@@H](O)[C@@H]3C(C)(C)C3OC3C4O)[C@@]2(C(C)=O)[C@@H]1O. The lowest BCUT2D eigenvalue weighted by atomic mass is 9.34. The van der Waals surface area contributed by atoms with E-state index in [9.17, 15) is 25.2 Å². The van der Waals surface area contributed by atoms with Crippen molar-refractivity contribution in [3.05, 3.63) is 12.2 Å². The molecular formula is C22H32O7. The summed E-state index contributed by atoms with van der Waals surface area (Å²) >= 11 is 0. The molecule has 2 bridgehead atoms. The zero-order valence-corrected chi connectivity index (χ0v) is 17.5. The minimum absolute atomic E-state index is 0.0204. The molecule has 0 amide bonds. The average molecular weight is 408 g/mol. The van der Waals surface area contributed by atoms with Crippen LogP contribution in [0.2, 0.25) is 0 Å². The van der Waals surface area contributed by atoms with E-state index in [2.05, 4.69) is 6.58 Å². The van der Waals surface area contributed by atoms with Crippen molar-refractivity contribution in [1.82, 2.24) is 0 Å². The molecule has 7 nitrogen and oxygen atoms in total. The van der Waals surface area contributed by atoms with Crippen molar-refractivity contribution in [2.75, 3.05) is 6.61 Å². The van der Waals surface area contributed by atoms with E-state index in [4.69, 9.17) is 9.47 Å². The molecule has 0 aromatic rings. The van der Waals surface area contributed by atoms with Crippen LogP contribution in [0.25, 0.3) is 0 Å². The van der Waals surface area contributed by atoms with Gasteiger partial charge in [-0.15, -0.1) is 0 Å². The number of aliphatic hydroxyl groups is 4. The summed E-state index contributed by atoms with van der Waals surface area (Å²) in [6.45, 7) is 11.1. The molecule has 3 saturated carbocycles. The van der Waals surface area contributed by atoms with E-state index < -0.39 is 63.9 Å². The Morgan fingerprint density at radius 3 is 2.31 bits per heavy atom. The Kier molecular flexibility index (Phi) is 3.81. The van der Waals surface area contributed by atoms with Crippen LogP contribution in [0.3, 0.4) is 0 Å². The Labute approximate surface area is 170 Å². The van der Waals surface area contributed by atoms with Crippen LogP contribution in [-0.2, 0) is 14.3 Å². The number of rotatable bonds is 2. The van der Waals surface area contributed by atoms with Gasteiger partial charge in [0, 0.05) is 17.3 Å². The van der Waals surface area contributed by atoms with Crippen LogP contribution in [0.4, 0.5) is 0 Å². The normalized spacial score (nSPS) is 59.3. The highest BCUT2D eigenvalue weighted by Crippen LogP contribution is 2.76. The maximum Gasteiger partial charge on any atom is 0.208 e. The van der Waals surface area contributed by atoms with Crippen LogP contribution < -0.4 is 0 Å². The fourth-order valence-corrected chi connectivity index (χ4v) is 8.26. The van der Waals surface area contributed by atoms with Gasteiger partial charge in [0.05, 0.1) is 24.9 Å². The predicted molar refractivity (Wildman–Crippen MR) is 101 cm³/mol. The standard InChI is InChI=1S/C22H32O7/c1-9(2)11-6-7-12-20-8-28-22(27,21(12,10(3)23)15(11)24)17(26)14(20)19(4,5)18-13(29-18)16(20)25/h11-18,24-27H,1,6-8H2,2-5H3/t11-,12-,13?,14+,15+,16?,17-,18?,20-,21+,22-/m0/s1. The van der Waals surface area contributed by atoms with Gasteiger partial charge in [-0.05, 0) is 38.0 Å². The third-order valence-corrected chi connectivity index (χ3v) is 9.38. The number of hydrogen-bond acceptors (Lipinski definition) is 7. The van der Waals surface area contributed by atoms with Gasteiger partial charge in [0.25, 0.3) is 0 Å². The predicted octanol–water partition coefficient (Wildman–Crippen LogP) is 0.389. The molecule has 3 unspecified atom stereocenters. The first-order valence-corrected chi connectivity index (χ1v) is 10.6. The number of fused-ring (bicyclic) bond motifs is 2. The van der Waals surface area contributed by atoms with Gasteiger partial charge in [-0.1, -0.05) is 26.0 Å². The van der Waals surface area contributed by atoms with Crippen molar-refractivity contribution in [2.24, 2.45) is 34.0 Å². The first-order valence-electron chi connectivity index (χ1n) is 10.6. The van der Waals surface area contributed by atoms with Crippen LogP contribution in [0.15, 0.2) is 12.2 Å². The van der Waals surface area contributed by atoms with Gasteiger partial charge in [0.15, 0.2) is 0 Å². The van der Waals surface area contributed by atoms with Gasteiger partial charge in [-0.2, -0.15) is 0 Å². The minimum atomic E-state index is -2.23. The van der Waals surface area contributed by atoms with E-state index in [0.29, 0.717) is 12.8 Å². The molecule has 6 aliphatic rings. The maximum atomic E-state index is 13.3. The molecule has 3 aliphatic heterocycles. The van der Waals surface area contributed by atoms with Crippen LogP contribution >= 0.6 is 0 Å². The molecule has 4 N–H and O–H groups in total. The van der Waals surface area contributed by atoms with E-state index >= 15 is 0 Å². The summed E-state index contributed by atoms with van der Waals surface area (Å²) in [5.74, 6) is -4.13. The quantitative estimate of drug-likeness (QED) is 0.385. The molecule has 3 saturated heterocycles. The van der Waals surface area contributed by atoms with Crippen molar-refractivity contribution in [3.8, 4) is 0 Å². The molecule has 1 spiro atoms. The average Bonchev–Trinajstić information content (AvgIpc) is 3.43. The Hall–Kier alpha value is -0.830. The van der Waals surface area contributed by atoms with Crippen molar-refractivity contribution in [3.63, 3.8) is 0 Å². The number of hydrogen-bond donors (Lipinski definition) is 4. The van der Waals surface area contributed by atoms with Gasteiger partial charge in [-0.25, -0.2) is 0 Å². The maximum absolute atomic E-state index is 13.3. The Bertz CT molecular complexity index is 794. The molecule has 6 fully saturated rings. The smallest absolute Gasteiger partial charge is 0.208 e. The van der Waals surface area contributed by atoms with Gasteiger partial charge >= 0.3 is 0 Å². The molecule has 29 heavy (non-hydrogen) atoms. The fourth-order valence-electron chi connectivity index (χ4n) is 8.26. The van der Waals surface area contributed by atoms with Crippen molar-refractivity contribution in [1.29, 1.82) is 0 Å². The third kappa shape index (κ3) is 1.86. The summed E-state index contributed by atoms with van der Waals surface area (Å²) < 4.78 is 11.7. The number of carbonyl (C=O) groups excluding carboxylic acids is 1. The fraction of sp³-hybridized carbons (Fsp3) is 0.864. The zero-order valence-electron chi connectivity index (χ0n) is 17.5. The van der Waals surface area contributed by atoms with E-state index in [-0.39, 0.29) is 18.8 Å². The van der Waals surface area contributed by atoms with Crippen molar-refractivity contribution < 1.29 is 34.7 Å². The van der Waals surface area contributed by atoms with Crippen molar-refractivity contribution >= 4 is 5.78 Å². The van der Waals surface area contributed by atoms with Crippen molar-refractivity contribution in [2.45, 2.75) is 76.8 Å².